The Morgan fingerprint density at radius 1 is 1.50 bits per heavy atom. The molecule has 1 rings (SSSR count). The van der Waals surface area contributed by atoms with Crippen LogP contribution in [0.4, 0.5) is 0 Å². The van der Waals surface area contributed by atoms with Gasteiger partial charge in [0.25, 0.3) is 0 Å². The summed E-state index contributed by atoms with van der Waals surface area (Å²) in [6.07, 6.45) is 0.325. The Morgan fingerprint density at radius 2 is 2.00 bits per heavy atom. The first-order chi connectivity index (χ1) is 5.22. The molecule has 0 aromatic carbocycles. The van der Waals surface area contributed by atoms with Gasteiger partial charge in [0, 0.05) is 13.5 Å². The van der Waals surface area contributed by atoms with Crippen molar-refractivity contribution in [2.45, 2.75) is 38.1 Å². The molecule has 4 nitrogen and oxygen atoms in total. The summed E-state index contributed by atoms with van der Waals surface area (Å²) in [5, 5.41) is 8.38. The average molecular weight is 194 g/mol. The van der Waals surface area contributed by atoms with Crippen molar-refractivity contribution < 1.29 is 18.7 Å². The fourth-order valence-electron chi connectivity index (χ4n) is 1.59. The van der Waals surface area contributed by atoms with Gasteiger partial charge in [-0.1, -0.05) is 0 Å². The molecule has 0 radical (unpaired) electrons. The lowest BCUT2D eigenvalue weighted by Gasteiger charge is -2.20. The molecular formula is C7H15O4P. The van der Waals surface area contributed by atoms with Gasteiger partial charge >= 0.3 is 7.60 Å². The van der Waals surface area contributed by atoms with E-state index in [1.54, 1.807) is 13.8 Å². The first kappa shape index (κ1) is 10.2. The molecular weight excluding hydrogens is 179 g/mol. The third kappa shape index (κ3) is 1.44. The highest BCUT2D eigenvalue weighted by Crippen LogP contribution is 2.68. The molecule has 1 heterocycles. The van der Waals surface area contributed by atoms with Crippen LogP contribution in [0, 0.1) is 0 Å². The zero-order chi connectivity index (χ0) is 9.62. The Labute approximate surface area is 72.4 Å². The minimum Gasteiger partial charge on any atom is -0.377 e. The summed E-state index contributed by atoms with van der Waals surface area (Å²) in [5.74, 6) is 0. The van der Waals surface area contributed by atoms with Crippen molar-refractivity contribution in [1.29, 1.82) is 0 Å². The van der Waals surface area contributed by atoms with E-state index in [1.807, 2.05) is 0 Å². The fourth-order valence-corrected chi connectivity index (χ4v) is 3.55. The van der Waals surface area contributed by atoms with E-state index in [4.69, 9.17) is 9.05 Å². The van der Waals surface area contributed by atoms with Gasteiger partial charge < -0.3 is 14.2 Å². The van der Waals surface area contributed by atoms with Crippen LogP contribution in [0.5, 0.6) is 0 Å². The maximum atomic E-state index is 11.8. The normalized spacial score (nSPS) is 46.4. The molecule has 1 N–H and O–H groups in total. The molecule has 1 aliphatic rings. The highest BCUT2D eigenvalue weighted by Gasteiger charge is 2.57. The van der Waals surface area contributed by atoms with Crippen LogP contribution in [0.3, 0.4) is 0 Å². The number of rotatable bonds is 1. The molecule has 0 bridgehead atoms. The second-order valence-corrected chi connectivity index (χ2v) is 6.43. The molecule has 0 aliphatic carbocycles. The Kier molecular flexibility index (Phi) is 2.16. The van der Waals surface area contributed by atoms with E-state index in [1.165, 1.54) is 14.0 Å². The summed E-state index contributed by atoms with van der Waals surface area (Å²) in [5.41, 5.74) is -0.574. The van der Waals surface area contributed by atoms with E-state index in [0.29, 0.717) is 6.42 Å². The van der Waals surface area contributed by atoms with Gasteiger partial charge in [-0.05, 0) is 20.8 Å². The Hall–Kier alpha value is 0.110. The molecule has 1 aliphatic heterocycles. The number of hydrogen-bond donors (Lipinski definition) is 1. The van der Waals surface area contributed by atoms with Crippen LogP contribution in [0.2, 0.25) is 0 Å². The molecule has 12 heavy (non-hydrogen) atoms. The average Bonchev–Trinajstić information content (AvgIpc) is 1.98. The molecule has 2 atom stereocenters. The van der Waals surface area contributed by atoms with Crippen LogP contribution in [-0.2, 0) is 13.6 Å². The lowest BCUT2D eigenvalue weighted by Crippen LogP contribution is -2.24. The standard InChI is InChI=1S/C7H15O4P/c1-6(2)5-7(3,8)12(9,10-4)11-6/h8H,5H2,1-4H3/t7-,12-/m0/s1. The van der Waals surface area contributed by atoms with Gasteiger partial charge in [0.15, 0.2) is 5.34 Å². The topological polar surface area (TPSA) is 55.8 Å². The minimum atomic E-state index is -3.32. The van der Waals surface area contributed by atoms with Crippen LogP contribution < -0.4 is 0 Å². The van der Waals surface area contributed by atoms with Gasteiger partial charge in [0.05, 0.1) is 5.60 Å². The van der Waals surface area contributed by atoms with Gasteiger partial charge in [-0.2, -0.15) is 0 Å². The highest BCUT2D eigenvalue weighted by molar-refractivity contribution is 7.55. The van der Waals surface area contributed by atoms with Crippen molar-refractivity contribution in [1.82, 2.24) is 0 Å². The quantitative estimate of drug-likeness (QED) is 0.646. The van der Waals surface area contributed by atoms with Gasteiger partial charge in [0.1, 0.15) is 0 Å². The molecule has 0 amide bonds. The molecule has 0 aromatic heterocycles. The van der Waals surface area contributed by atoms with E-state index < -0.39 is 18.5 Å². The van der Waals surface area contributed by atoms with Crippen molar-refractivity contribution in [3.63, 3.8) is 0 Å². The number of aliphatic hydroxyl groups is 1. The van der Waals surface area contributed by atoms with Crippen molar-refractivity contribution in [2.24, 2.45) is 0 Å². The summed E-state index contributed by atoms with van der Waals surface area (Å²) in [4.78, 5) is 0. The predicted octanol–water partition coefficient (Wildman–Crippen LogP) is 1.73. The van der Waals surface area contributed by atoms with Crippen molar-refractivity contribution in [3.05, 3.63) is 0 Å². The third-order valence-electron chi connectivity index (χ3n) is 1.96. The molecule has 72 valence electrons. The molecule has 1 fully saturated rings. The maximum Gasteiger partial charge on any atom is 0.361 e. The van der Waals surface area contributed by atoms with Gasteiger partial charge in [0.2, 0.25) is 0 Å². The van der Waals surface area contributed by atoms with Crippen LogP contribution >= 0.6 is 7.60 Å². The van der Waals surface area contributed by atoms with E-state index in [9.17, 15) is 9.67 Å². The lowest BCUT2D eigenvalue weighted by atomic mass is 10.0. The van der Waals surface area contributed by atoms with Gasteiger partial charge in [-0.25, -0.2) is 0 Å². The summed E-state index contributed by atoms with van der Waals surface area (Å²) >= 11 is 0. The van der Waals surface area contributed by atoms with Crippen LogP contribution in [0.1, 0.15) is 27.2 Å². The SMILES string of the molecule is CO[P@]1(=O)OC(C)(C)C[C@@]1(C)O. The first-order valence-electron chi connectivity index (χ1n) is 3.81. The second kappa shape index (κ2) is 2.55. The van der Waals surface area contributed by atoms with Crippen molar-refractivity contribution >= 4 is 7.60 Å². The van der Waals surface area contributed by atoms with E-state index in [0.717, 1.165) is 0 Å². The lowest BCUT2D eigenvalue weighted by molar-refractivity contribution is 0.0928. The summed E-state index contributed by atoms with van der Waals surface area (Å²) < 4.78 is 21.7. The van der Waals surface area contributed by atoms with Gasteiger partial charge in [-0.3, -0.25) is 4.57 Å². The van der Waals surface area contributed by atoms with Crippen LogP contribution in [-0.4, -0.2) is 23.2 Å². The van der Waals surface area contributed by atoms with E-state index in [2.05, 4.69) is 0 Å². The Balaban J connectivity index is 3.00. The van der Waals surface area contributed by atoms with E-state index in [-0.39, 0.29) is 0 Å². The smallest absolute Gasteiger partial charge is 0.361 e. The fraction of sp³-hybridized carbons (Fsp3) is 1.00. The molecule has 0 unspecified atom stereocenters. The van der Waals surface area contributed by atoms with Crippen LogP contribution in [0.25, 0.3) is 0 Å². The second-order valence-electron chi connectivity index (χ2n) is 3.92. The van der Waals surface area contributed by atoms with E-state index >= 15 is 0 Å². The zero-order valence-corrected chi connectivity index (χ0v) is 8.72. The molecule has 0 aromatic rings. The highest BCUT2D eigenvalue weighted by atomic mass is 31.2. The predicted molar refractivity (Wildman–Crippen MR) is 45.0 cm³/mol. The molecule has 0 spiro atoms. The summed E-state index contributed by atoms with van der Waals surface area (Å²) in [6, 6.07) is 0. The monoisotopic (exact) mass is 194 g/mol. The Bertz CT molecular complexity index is 234. The largest absolute Gasteiger partial charge is 0.377 e. The zero-order valence-electron chi connectivity index (χ0n) is 7.83. The minimum absolute atomic E-state index is 0.325. The molecule has 1 saturated heterocycles. The van der Waals surface area contributed by atoms with Crippen LogP contribution in [0.15, 0.2) is 0 Å². The summed E-state index contributed by atoms with van der Waals surface area (Å²) in [7, 11) is -2.03. The van der Waals surface area contributed by atoms with Crippen molar-refractivity contribution in [3.8, 4) is 0 Å². The van der Waals surface area contributed by atoms with Gasteiger partial charge in [-0.15, -0.1) is 0 Å². The summed E-state index contributed by atoms with van der Waals surface area (Å²) in [6.45, 7) is 5.03. The Morgan fingerprint density at radius 3 is 2.17 bits per heavy atom. The number of hydrogen-bond acceptors (Lipinski definition) is 4. The molecule has 0 saturated carbocycles. The molecule has 5 heteroatoms. The van der Waals surface area contributed by atoms with Crippen molar-refractivity contribution in [2.75, 3.05) is 7.11 Å². The third-order valence-corrected chi connectivity index (χ3v) is 4.51. The maximum absolute atomic E-state index is 11.8. The first-order valence-corrected chi connectivity index (χ1v) is 5.36.